The van der Waals surface area contributed by atoms with Gasteiger partial charge in [-0.2, -0.15) is 0 Å². The maximum Gasteiger partial charge on any atom is 0.248 e. The van der Waals surface area contributed by atoms with Crippen molar-refractivity contribution < 1.29 is 14.3 Å². The lowest BCUT2D eigenvalue weighted by molar-refractivity contribution is -0.134. The summed E-state index contributed by atoms with van der Waals surface area (Å²) in [7, 11) is 5.32. The maximum atomic E-state index is 11.7. The van der Waals surface area contributed by atoms with Crippen LogP contribution in [0.1, 0.15) is 6.42 Å². The molecule has 0 aromatic carbocycles. The van der Waals surface area contributed by atoms with Crippen molar-refractivity contribution in [2.45, 2.75) is 12.5 Å². The minimum Gasteiger partial charge on any atom is -0.471 e. The van der Waals surface area contributed by atoms with Gasteiger partial charge in [0.05, 0.1) is 6.54 Å². The van der Waals surface area contributed by atoms with Gasteiger partial charge in [-0.05, 0) is 6.07 Å². The van der Waals surface area contributed by atoms with Crippen molar-refractivity contribution in [1.82, 2.24) is 15.1 Å². The van der Waals surface area contributed by atoms with E-state index < -0.39 is 0 Å². The fourth-order valence-electron chi connectivity index (χ4n) is 2.05. The summed E-state index contributed by atoms with van der Waals surface area (Å²) < 4.78 is 10.6. The van der Waals surface area contributed by atoms with Gasteiger partial charge in [0.2, 0.25) is 11.8 Å². The maximum absolute atomic E-state index is 11.7. The highest BCUT2D eigenvalue weighted by atomic mass is 16.5. The van der Waals surface area contributed by atoms with E-state index in [0.29, 0.717) is 19.0 Å². The van der Waals surface area contributed by atoms with Crippen LogP contribution in [0.3, 0.4) is 0 Å². The Bertz CT molecular complexity index is 449. The largest absolute Gasteiger partial charge is 0.471 e. The lowest BCUT2D eigenvalue weighted by atomic mass is 10.3. The smallest absolute Gasteiger partial charge is 0.248 e. The summed E-state index contributed by atoms with van der Waals surface area (Å²) in [5.74, 6) is 1.26. The number of anilines is 1. The highest BCUT2D eigenvalue weighted by Crippen LogP contribution is 2.17. The molecule has 1 aromatic heterocycles. The van der Waals surface area contributed by atoms with E-state index >= 15 is 0 Å². The predicted octanol–water partition coefficient (Wildman–Crippen LogP) is 0.169. The number of nitrogens with zero attached hydrogens (tertiary/aromatic N) is 4. The van der Waals surface area contributed by atoms with E-state index in [0.717, 1.165) is 12.2 Å². The number of carbonyl (C=O) groups is 1. The lowest BCUT2D eigenvalue weighted by Crippen LogP contribution is -2.33. The van der Waals surface area contributed by atoms with Gasteiger partial charge >= 0.3 is 0 Å². The van der Waals surface area contributed by atoms with Crippen LogP contribution in [0.2, 0.25) is 0 Å². The zero-order chi connectivity index (χ0) is 14.5. The third-order valence-electron chi connectivity index (χ3n) is 3.14. The molecule has 1 aliphatic heterocycles. The Morgan fingerprint density at radius 1 is 1.45 bits per heavy atom. The summed E-state index contributed by atoms with van der Waals surface area (Å²) in [5.41, 5.74) is 0. The van der Waals surface area contributed by atoms with Gasteiger partial charge in [0.15, 0.2) is 5.82 Å². The Labute approximate surface area is 118 Å². The molecule has 0 spiro atoms. The number of hydrogen-bond acceptors (Lipinski definition) is 6. The second kappa shape index (κ2) is 6.51. The SMILES string of the molecule is COCC(=O)N1CC[C@@H](Oc2ccc(N(C)C)nn2)C1. The van der Waals surface area contributed by atoms with Crippen molar-refractivity contribution in [3.63, 3.8) is 0 Å². The summed E-state index contributed by atoms with van der Waals surface area (Å²) in [6, 6.07) is 3.65. The van der Waals surface area contributed by atoms with Gasteiger partial charge < -0.3 is 19.3 Å². The van der Waals surface area contributed by atoms with E-state index in [2.05, 4.69) is 10.2 Å². The molecule has 0 saturated carbocycles. The predicted molar refractivity (Wildman–Crippen MR) is 73.8 cm³/mol. The van der Waals surface area contributed by atoms with Crippen molar-refractivity contribution in [1.29, 1.82) is 0 Å². The molecule has 0 bridgehead atoms. The average Bonchev–Trinajstić information content (AvgIpc) is 2.88. The first-order chi connectivity index (χ1) is 9.60. The Morgan fingerprint density at radius 3 is 2.85 bits per heavy atom. The Kier molecular flexibility index (Phi) is 4.73. The van der Waals surface area contributed by atoms with E-state index in [1.54, 1.807) is 11.0 Å². The van der Waals surface area contributed by atoms with Gasteiger partial charge in [-0.3, -0.25) is 4.79 Å². The minimum absolute atomic E-state index is 0.00681. The van der Waals surface area contributed by atoms with Crippen LogP contribution in [0.5, 0.6) is 5.88 Å². The molecule has 1 atom stereocenters. The monoisotopic (exact) mass is 280 g/mol. The van der Waals surface area contributed by atoms with Gasteiger partial charge in [0, 0.05) is 40.2 Å². The number of likely N-dealkylation sites (tertiary alicyclic amines) is 1. The summed E-state index contributed by atoms with van der Waals surface area (Å²) in [6.07, 6.45) is 0.766. The van der Waals surface area contributed by atoms with Crippen molar-refractivity contribution >= 4 is 11.7 Å². The molecule has 1 amide bonds. The molecule has 0 aliphatic carbocycles. The van der Waals surface area contributed by atoms with E-state index in [1.165, 1.54) is 7.11 Å². The van der Waals surface area contributed by atoms with Crippen molar-refractivity contribution in [2.75, 3.05) is 45.8 Å². The van der Waals surface area contributed by atoms with Gasteiger partial charge in [-0.15, -0.1) is 10.2 Å². The molecule has 1 saturated heterocycles. The highest BCUT2D eigenvalue weighted by Gasteiger charge is 2.27. The number of aromatic nitrogens is 2. The Balaban J connectivity index is 1.87. The van der Waals surface area contributed by atoms with Gasteiger partial charge in [-0.1, -0.05) is 0 Å². The summed E-state index contributed by atoms with van der Waals surface area (Å²) >= 11 is 0. The number of rotatable bonds is 5. The first kappa shape index (κ1) is 14.5. The van der Waals surface area contributed by atoms with Crippen LogP contribution in [0.25, 0.3) is 0 Å². The normalized spacial score (nSPS) is 18.1. The van der Waals surface area contributed by atoms with Crippen LogP contribution in [0.4, 0.5) is 5.82 Å². The highest BCUT2D eigenvalue weighted by molar-refractivity contribution is 5.77. The third-order valence-corrected chi connectivity index (χ3v) is 3.14. The first-order valence-corrected chi connectivity index (χ1v) is 6.54. The number of ether oxygens (including phenoxy) is 2. The number of hydrogen-bond donors (Lipinski definition) is 0. The zero-order valence-corrected chi connectivity index (χ0v) is 12.1. The van der Waals surface area contributed by atoms with Crippen molar-refractivity contribution in [3.05, 3.63) is 12.1 Å². The molecule has 2 heterocycles. The first-order valence-electron chi connectivity index (χ1n) is 6.54. The van der Waals surface area contributed by atoms with Gasteiger partial charge in [-0.25, -0.2) is 0 Å². The standard InChI is InChI=1S/C13H20N4O3/c1-16(2)11-4-5-12(15-14-11)20-10-6-7-17(8-10)13(18)9-19-3/h4-5,10H,6-9H2,1-3H3/t10-/m1/s1. The second-order valence-corrected chi connectivity index (χ2v) is 4.93. The quantitative estimate of drug-likeness (QED) is 0.766. The summed E-state index contributed by atoms with van der Waals surface area (Å²) in [5, 5.41) is 8.08. The van der Waals surface area contributed by atoms with Crippen LogP contribution in [0, 0.1) is 0 Å². The lowest BCUT2D eigenvalue weighted by Gasteiger charge is -2.16. The molecule has 110 valence electrons. The van der Waals surface area contributed by atoms with E-state index in [4.69, 9.17) is 9.47 Å². The molecule has 1 aromatic rings. The molecular formula is C13H20N4O3. The fraction of sp³-hybridized carbons (Fsp3) is 0.615. The summed E-state index contributed by atoms with van der Waals surface area (Å²) in [6.45, 7) is 1.37. The fourth-order valence-corrected chi connectivity index (χ4v) is 2.05. The van der Waals surface area contributed by atoms with E-state index in [9.17, 15) is 4.79 Å². The van der Waals surface area contributed by atoms with E-state index in [-0.39, 0.29) is 18.6 Å². The number of methoxy groups -OCH3 is 1. The Hall–Kier alpha value is -1.89. The second-order valence-electron chi connectivity index (χ2n) is 4.93. The molecular weight excluding hydrogens is 260 g/mol. The van der Waals surface area contributed by atoms with E-state index in [1.807, 2.05) is 25.1 Å². The Morgan fingerprint density at radius 2 is 2.25 bits per heavy atom. The topological polar surface area (TPSA) is 67.8 Å². The molecule has 7 heteroatoms. The minimum atomic E-state index is -0.0321. The van der Waals surface area contributed by atoms with Crippen LogP contribution in [-0.4, -0.2) is 68.0 Å². The van der Waals surface area contributed by atoms with Crippen LogP contribution >= 0.6 is 0 Å². The zero-order valence-electron chi connectivity index (χ0n) is 12.1. The molecule has 1 fully saturated rings. The van der Waals surface area contributed by atoms with Gasteiger partial charge in [0.25, 0.3) is 0 Å². The molecule has 0 unspecified atom stereocenters. The third kappa shape index (κ3) is 3.57. The molecule has 7 nitrogen and oxygen atoms in total. The number of carbonyl (C=O) groups excluding carboxylic acids is 1. The van der Waals surface area contributed by atoms with Gasteiger partial charge in [0.1, 0.15) is 12.7 Å². The molecule has 0 N–H and O–H groups in total. The molecule has 2 rings (SSSR count). The molecule has 0 radical (unpaired) electrons. The van der Waals surface area contributed by atoms with Crippen LogP contribution < -0.4 is 9.64 Å². The molecule has 1 aliphatic rings. The summed E-state index contributed by atoms with van der Waals surface area (Å²) in [4.78, 5) is 15.3. The molecule has 20 heavy (non-hydrogen) atoms. The van der Waals surface area contributed by atoms with Crippen molar-refractivity contribution in [2.24, 2.45) is 0 Å². The van der Waals surface area contributed by atoms with Crippen LogP contribution in [-0.2, 0) is 9.53 Å². The van der Waals surface area contributed by atoms with Crippen LogP contribution in [0.15, 0.2) is 12.1 Å². The number of amides is 1. The van der Waals surface area contributed by atoms with Crippen molar-refractivity contribution in [3.8, 4) is 5.88 Å². The average molecular weight is 280 g/mol.